The summed E-state index contributed by atoms with van der Waals surface area (Å²) in [6.07, 6.45) is 0. The quantitative estimate of drug-likeness (QED) is 0.121. The van der Waals surface area contributed by atoms with Gasteiger partial charge in [0.05, 0.1) is 0 Å². The molecule has 0 atom stereocenters. The minimum Gasteiger partial charge on any atom is -0.368 e. The number of nitrogen functional groups attached to an aromatic ring is 3. The van der Waals surface area contributed by atoms with Crippen LogP contribution < -0.4 is 17.2 Å². The Morgan fingerprint density at radius 3 is 0.471 bits per heavy atom. The van der Waals surface area contributed by atoms with Gasteiger partial charge in [0.1, 0.15) is 0 Å². The third-order valence-corrected chi connectivity index (χ3v) is 0.687. The third-order valence-electron chi connectivity index (χ3n) is 0.687. The first-order valence-corrected chi connectivity index (χ1v) is 13.9. The number of nitrogens with zero attached hydrogens (tertiary/aromatic N) is 3. The van der Waals surface area contributed by atoms with Crippen molar-refractivity contribution in [1.29, 1.82) is 0 Å². The number of hydrogen-bond donors (Lipinski definition) is 18. The van der Waals surface area contributed by atoms with Crippen LogP contribution in [0.1, 0.15) is 0 Å². The summed E-state index contributed by atoms with van der Waals surface area (Å²) in [5, 5.41) is 0. The molecule has 0 aliphatic carbocycles. The largest absolute Gasteiger partial charge is 0.466 e. The molecule has 1 rings (SSSR count). The Labute approximate surface area is 186 Å². The summed E-state index contributed by atoms with van der Waals surface area (Å²) < 4.78 is 44.4. The molecule has 0 amide bonds. The summed E-state index contributed by atoms with van der Waals surface area (Å²) in [6, 6.07) is 0. The van der Waals surface area contributed by atoms with Crippen LogP contribution in [0.5, 0.6) is 0 Å². The van der Waals surface area contributed by atoms with Gasteiger partial charge >= 0.3 is 39.1 Å². The molecule has 31 heteroatoms. The molecule has 0 bridgehead atoms. The van der Waals surface area contributed by atoms with E-state index in [1.165, 1.54) is 0 Å². The molecule has 34 heavy (non-hydrogen) atoms. The first kappa shape index (κ1) is 43.1. The van der Waals surface area contributed by atoms with Crippen molar-refractivity contribution in [3.63, 3.8) is 0 Å². The highest BCUT2D eigenvalue weighted by Crippen LogP contribution is 2.27. The number of hydrogen-bond acceptors (Lipinski definition) is 11. The Kier molecular flexibility index (Phi) is 23.1. The summed E-state index contributed by atoms with van der Waals surface area (Å²) in [5.41, 5.74) is 15.4. The fourth-order valence-corrected chi connectivity index (χ4v) is 0.427. The second-order valence-electron chi connectivity index (χ2n) is 3.98. The average molecular weight is 616 g/mol. The Morgan fingerprint density at radius 1 is 0.353 bits per heavy atom. The maximum atomic E-state index is 8.88. The smallest absolute Gasteiger partial charge is 0.368 e. The van der Waals surface area contributed by atoms with Gasteiger partial charge in [-0.3, -0.25) is 0 Å². The number of nitrogens with two attached hydrogens (primary N) is 3. The molecule has 0 fully saturated rings. The highest BCUT2D eigenvalue weighted by atomic mass is 31.2. The molecule has 0 aliphatic heterocycles. The van der Waals surface area contributed by atoms with Gasteiger partial charge in [-0.15, -0.1) is 0 Å². The zero-order valence-electron chi connectivity index (χ0n) is 15.6. The molecular formula is C3H21N6O20P5. The lowest BCUT2D eigenvalue weighted by atomic mass is 10.9. The Bertz CT molecular complexity index is 699. The molecule has 0 unspecified atom stereocenters. The van der Waals surface area contributed by atoms with Gasteiger partial charge in [-0.25, -0.2) is 22.8 Å². The van der Waals surface area contributed by atoms with E-state index in [-0.39, 0.29) is 17.8 Å². The van der Waals surface area contributed by atoms with E-state index in [1.807, 2.05) is 0 Å². The molecule has 1 aromatic heterocycles. The predicted molar refractivity (Wildman–Crippen MR) is 104 cm³/mol. The van der Waals surface area contributed by atoms with Gasteiger partial charge in [-0.1, -0.05) is 0 Å². The third kappa shape index (κ3) is 231. The van der Waals surface area contributed by atoms with E-state index in [4.69, 9.17) is 113 Å². The van der Waals surface area contributed by atoms with Crippen LogP contribution in [0.25, 0.3) is 0 Å². The summed E-state index contributed by atoms with van der Waals surface area (Å²) in [5.74, 6) is 0.125. The fourth-order valence-electron chi connectivity index (χ4n) is 0.427. The molecule has 26 nitrogen and oxygen atoms in total. The van der Waals surface area contributed by atoms with Gasteiger partial charge in [-0.2, -0.15) is 15.0 Å². The normalized spacial score (nSPS) is 11.1. The second-order valence-corrected chi connectivity index (χ2v) is 9.11. The molecule has 0 radical (unpaired) electrons. The summed E-state index contributed by atoms with van der Waals surface area (Å²) >= 11 is 0. The van der Waals surface area contributed by atoms with Crippen LogP contribution in [-0.2, 0) is 22.8 Å². The first-order chi connectivity index (χ1) is 14.2. The van der Waals surface area contributed by atoms with Crippen LogP contribution >= 0.6 is 39.1 Å². The second kappa shape index (κ2) is 18.3. The van der Waals surface area contributed by atoms with E-state index in [9.17, 15) is 0 Å². The Morgan fingerprint density at radius 2 is 0.412 bits per heavy atom. The molecule has 1 heterocycles. The van der Waals surface area contributed by atoms with Crippen LogP contribution in [0, 0.1) is 0 Å². The highest BCUT2D eigenvalue weighted by molar-refractivity contribution is 7.46. The van der Waals surface area contributed by atoms with E-state index in [1.54, 1.807) is 0 Å². The molecule has 1 aromatic rings. The number of aromatic nitrogens is 3. The lowest BCUT2D eigenvalue weighted by molar-refractivity contribution is 0.272. The molecular weight excluding hydrogens is 595 g/mol. The zero-order valence-corrected chi connectivity index (χ0v) is 20.0. The number of anilines is 3. The van der Waals surface area contributed by atoms with Gasteiger partial charge in [-0.05, 0) is 0 Å². The predicted octanol–water partition coefficient (Wildman–Crippen LogP) is -6.02. The molecule has 0 spiro atoms. The SMILES string of the molecule is Nc1nc(N)nc(N)n1.O=P(O)(O)O.O=P(O)(O)O.O=P(O)(O)O.O=P(O)(O)O.O=P(O)(O)O. The highest BCUT2D eigenvalue weighted by Gasteiger charge is 2.02. The van der Waals surface area contributed by atoms with Gasteiger partial charge in [0.15, 0.2) is 0 Å². The van der Waals surface area contributed by atoms with E-state index in [0.29, 0.717) is 0 Å². The standard InChI is InChI=1S/C3H6N6.5H3O4P/c4-1-7-2(5)9-3(6)8-1;5*1-5(2,3)4/h(H6,4,5,6,7,8,9);5*(H3,1,2,3,4). The first-order valence-electron chi connectivity index (χ1n) is 6.12. The van der Waals surface area contributed by atoms with Crippen LogP contribution in [0.2, 0.25) is 0 Å². The molecule has 0 aromatic carbocycles. The van der Waals surface area contributed by atoms with Gasteiger partial charge in [0.25, 0.3) is 0 Å². The topological polar surface area (TPSA) is 506 Å². The molecule has 21 N–H and O–H groups in total. The summed E-state index contributed by atoms with van der Waals surface area (Å²) in [6.45, 7) is 0. The monoisotopic (exact) mass is 616 g/mol. The van der Waals surface area contributed by atoms with E-state index < -0.39 is 39.1 Å². The van der Waals surface area contributed by atoms with E-state index in [0.717, 1.165) is 0 Å². The molecule has 0 saturated heterocycles. The summed E-state index contributed by atoms with van der Waals surface area (Å²) in [7, 11) is -23.2. The van der Waals surface area contributed by atoms with Crippen LogP contribution in [0.4, 0.5) is 17.8 Å². The molecule has 208 valence electrons. The number of rotatable bonds is 0. The van der Waals surface area contributed by atoms with Crippen molar-refractivity contribution in [3.05, 3.63) is 0 Å². The maximum absolute atomic E-state index is 8.88. The summed E-state index contributed by atoms with van der Waals surface area (Å²) in [4.78, 5) is 118. The van der Waals surface area contributed by atoms with Crippen molar-refractivity contribution >= 4 is 57.0 Å². The Hall–Kier alpha value is -1.04. The maximum Gasteiger partial charge on any atom is 0.466 e. The van der Waals surface area contributed by atoms with Crippen LogP contribution in [0.15, 0.2) is 0 Å². The fraction of sp³-hybridized carbons (Fsp3) is 0. The molecule has 0 aliphatic rings. The van der Waals surface area contributed by atoms with Crippen molar-refractivity contribution < 1.29 is 96.2 Å². The average Bonchev–Trinajstić information content (AvgIpc) is 2.24. The minimum absolute atomic E-state index is 0.0417. The van der Waals surface area contributed by atoms with E-state index in [2.05, 4.69) is 15.0 Å². The van der Waals surface area contributed by atoms with Gasteiger partial charge < -0.3 is 90.6 Å². The van der Waals surface area contributed by atoms with Crippen LogP contribution in [0.3, 0.4) is 0 Å². The van der Waals surface area contributed by atoms with E-state index >= 15 is 0 Å². The Balaban J connectivity index is -0.000000101. The number of phosphoric acid groups is 5. The molecule has 0 saturated carbocycles. The van der Waals surface area contributed by atoms with Crippen molar-refractivity contribution in [3.8, 4) is 0 Å². The van der Waals surface area contributed by atoms with Crippen LogP contribution in [-0.4, -0.2) is 88.4 Å². The lowest BCUT2D eigenvalue weighted by Crippen LogP contribution is -2.05. The van der Waals surface area contributed by atoms with Crippen molar-refractivity contribution in [2.24, 2.45) is 0 Å². The van der Waals surface area contributed by atoms with Crippen molar-refractivity contribution in [1.82, 2.24) is 15.0 Å². The lowest BCUT2D eigenvalue weighted by Gasteiger charge is -1.93. The van der Waals surface area contributed by atoms with Gasteiger partial charge in [0, 0.05) is 0 Å². The van der Waals surface area contributed by atoms with Crippen molar-refractivity contribution in [2.45, 2.75) is 0 Å². The minimum atomic E-state index is -4.64. The van der Waals surface area contributed by atoms with Gasteiger partial charge in [0.2, 0.25) is 17.8 Å². The zero-order chi connectivity index (χ0) is 29.4. The van der Waals surface area contributed by atoms with Crippen molar-refractivity contribution in [2.75, 3.05) is 17.2 Å².